The first kappa shape index (κ1) is 30.4. The van der Waals surface area contributed by atoms with Gasteiger partial charge in [0.2, 0.25) is 5.91 Å². The summed E-state index contributed by atoms with van der Waals surface area (Å²) in [4.78, 5) is 47.8. The topological polar surface area (TPSA) is 85.9 Å². The predicted octanol–water partition coefficient (Wildman–Crippen LogP) is 5.89. The quantitative estimate of drug-likeness (QED) is 0.255. The van der Waals surface area contributed by atoms with E-state index in [1.54, 1.807) is 26.0 Å². The van der Waals surface area contributed by atoms with Crippen molar-refractivity contribution in [2.24, 2.45) is 0 Å². The Morgan fingerprint density at radius 3 is 2.28 bits per heavy atom. The highest BCUT2D eigenvalue weighted by Crippen LogP contribution is 2.39. The Balaban J connectivity index is 1.69. The number of carbonyl (C=O) groups excluding carboxylic acids is 3. The van der Waals surface area contributed by atoms with Crippen LogP contribution in [0, 0.1) is 0 Å². The summed E-state index contributed by atoms with van der Waals surface area (Å²) >= 11 is -0.267. The van der Waals surface area contributed by atoms with Crippen LogP contribution < -0.4 is 10.2 Å². The molecule has 1 fully saturated rings. The molecule has 12 heteroatoms. The lowest BCUT2D eigenvalue weighted by Gasteiger charge is -2.27. The van der Waals surface area contributed by atoms with Crippen LogP contribution in [0.5, 0.6) is 0 Å². The zero-order valence-corrected chi connectivity index (χ0v) is 23.4. The summed E-state index contributed by atoms with van der Waals surface area (Å²) in [5, 5.41) is 2.80. The van der Waals surface area contributed by atoms with Crippen molar-refractivity contribution in [1.29, 1.82) is 0 Å². The summed E-state index contributed by atoms with van der Waals surface area (Å²) in [5.74, 6) is -0.307. The molecule has 0 radical (unpaired) electrons. The zero-order valence-electron chi connectivity index (χ0n) is 22.5. The highest BCUT2D eigenvalue weighted by molar-refractivity contribution is 8.00. The Morgan fingerprint density at radius 1 is 1.05 bits per heavy atom. The normalized spacial score (nSPS) is 15.4. The molecule has 0 unspecified atom stereocenters. The fraction of sp³-hybridized carbons (Fsp3) is 0.481. The number of imide groups is 1. The van der Waals surface area contributed by atoms with Gasteiger partial charge < -0.3 is 15.1 Å². The molecule has 1 aromatic carbocycles. The number of nitrogens with one attached hydrogen (secondary N) is 1. The summed E-state index contributed by atoms with van der Waals surface area (Å²) in [7, 11) is 0. The van der Waals surface area contributed by atoms with Crippen molar-refractivity contribution in [3.63, 3.8) is 0 Å². The summed E-state index contributed by atoms with van der Waals surface area (Å²) in [6.07, 6.45) is 3.88. The molecule has 0 spiro atoms. The first-order chi connectivity index (χ1) is 18.4. The van der Waals surface area contributed by atoms with E-state index in [9.17, 15) is 27.6 Å². The van der Waals surface area contributed by atoms with Crippen LogP contribution in [0.2, 0.25) is 0 Å². The molecule has 2 heterocycles. The van der Waals surface area contributed by atoms with Crippen LogP contribution in [0.15, 0.2) is 47.5 Å². The molecule has 2 aromatic rings. The Morgan fingerprint density at radius 2 is 1.69 bits per heavy atom. The third-order valence-electron chi connectivity index (χ3n) is 6.32. The first-order valence-corrected chi connectivity index (χ1v) is 13.7. The molecule has 39 heavy (non-hydrogen) atoms. The molecule has 1 saturated heterocycles. The number of rotatable bonds is 12. The molecule has 0 saturated carbocycles. The highest BCUT2D eigenvalue weighted by atomic mass is 32.2. The maximum absolute atomic E-state index is 13.3. The second-order valence-corrected chi connectivity index (χ2v) is 10.9. The number of anilines is 2. The van der Waals surface area contributed by atoms with Crippen molar-refractivity contribution in [3.05, 3.63) is 48.2 Å². The lowest BCUT2D eigenvalue weighted by Crippen LogP contribution is -2.43. The molecule has 1 aromatic heterocycles. The van der Waals surface area contributed by atoms with Crippen molar-refractivity contribution in [3.8, 4) is 0 Å². The Bertz CT molecular complexity index is 1170. The second kappa shape index (κ2) is 12.8. The third-order valence-corrected chi connectivity index (χ3v) is 7.06. The van der Waals surface area contributed by atoms with E-state index in [0.29, 0.717) is 24.3 Å². The number of pyridine rings is 1. The lowest BCUT2D eigenvalue weighted by molar-refractivity contribution is -0.123. The largest absolute Gasteiger partial charge is 0.446 e. The van der Waals surface area contributed by atoms with Gasteiger partial charge in [-0.1, -0.05) is 13.8 Å². The summed E-state index contributed by atoms with van der Waals surface area (Å²) in [6, 6.07) is 7.87. The predicted molar refractivity (Wildman–Crippen MR) is 145 cm³/mol. The van der Waals surface area contributed by atoms with Crippen molar-refractivity contribution in [2.45, 2.75) is 69.4 Å². The number of halogens is 3. The maximum Gasteiger partial charge on any atom is 0.446 e. The van der Waals surface area contributed by atoms with Gasteiger partial charge >= 0.3 is 11.5 Å². The molecule has 0 bridgehead atoms. The number of hydrogen-bond acceptors (Lipinski definition) is 6. The molecule has 1 N–H and O–H groups in total. The minimum Gasteiger partial charge on any atom is -0.311 e. The van der Waals surface area contributed by atoms with Crippen LogP contribution in [-0.4, -0.2) is 63.3 Å². The molecule has 212 valence electrons. The Labute approximate surface area is 230 Å². The van der Waals surface area contributed by atoms with Crippen LogP contribution in [0.25, 0.3) is 0 Å². The molecule has 3 rings (SSSR count). The molecule has 0 atom stereocenters. The van der Waals surface area contributed by atoms with Crippen molar-refractivity contribution in [1.82, 2.24) is 14.8 Å². The van der Waals surface area contributed by atoms with Crippen LogP contribution >= 0.6 is 11.8 Å². The minimum atomic E-state index is -4.44. The number of carbonyl (C=O) groups is 3. The highest BCUT2D eigenvalue weighted by Gasteiger charge is 2.51. The number of nitrogens with zero attached hydrogens (tertiary/aromatic N) is 4. The van der Waals surface area contributed by atoms with Crippen LogP contribution in [0.3, 0.4) is 0 Å². The van der Waals surface area contributed by atoms with E-state index in [1.807, 2.05) is 0 Å². The fourth-order valence-corrected chi connectivity index (χ4v) is 4.92. The van der Waals surface area contributed by atoms with E-state index < -0.39 is 23.0 Å². The summed E-state index contributed by atoms with van der Waals surface area (Å²) < 4.78 is 38.0. The van der Waals surface area contributed by atoms with Crippen molar-refractivity contribution >= 4 is 41.1 Å². The van der Waals surface area contributed by atoms with Gasteiger partial charge in [-0.15, -0.1) is 0 Å². The summed E-state index contributed by atoms with van der Waals surface area (Å²) in [6.45, 7) is 10.0. The molecule has 1 aliphatic heterocycles. The van der Waals surface area contributed by atoms with Gasteiger partial charge in [-0.05, 0) is 93.5 Å². The number of urea groups is 1. The van der Waals surface area contributed by atoms with Crippen LogP contribution in [-0.2, 0) is 16.1 Å². The maximum atomic E-state index is 13.3. The number of benzene rings is 1. The van der Waals surface area contributed by atoms with E-state index in [4.69, 9.17) is 0 Å². The Kier molecular flexibility index (Phi) is 10.0. The van der Waals surface area contributed by atoms with Crippen LogP contribution in [0.4, 0.5) is 29.5 Å². The van der Waals surface area contributed by atoms with E-state index in [0.717, 1.165) is 30.8 Å². The first-order valence-electron chi connectivity index (χ1n) is 12.8. The van der Waals surface area contributed by atoms with E-state index in [1.165, 1.54) is 35.4 Å². The van der Waals surface area contributed by atoms with Gasteiger partial charge in [-0.25, -0.2) is 14.7 Å². The third kappa shape index (κ3) is 7.95. The van der Waals surface area contributed by atoms with Gasteiger partial charge in [-0.3, -0.25) is 9.59 Å². The molecule has 0 aliphatic carbocycles. The van der Waals surface area contributed by atoms with Gasteiger partial charge in [0.1, 0.15) is 11.4 Å². The van der Waals surface area contributed by atoms with Crippen molar-refractivity contribution < 1.29 is 27.6 Å². The van der Waals surface area contributed by atoms with Gasteiger partial charge in [0.25, 0.3) is 5.91 Å². The number of hydrogen-bond donors (Lipinski definition) is 1. The lowest BCUT2D eigenvalue weighted by atomic mass is 10.0. The Hall–Kier alpha value is -3.12. The summed E-state index contributed by atoms with van der Waals surface area (Å²) in [5.41, 5.74) is -4.79. The molecule has 8 nitrogen and oxygen atoms in total. The molecule has 1 aliphatic rings. The zero-order chi connectivity index (χ0) is 28.8. The smallest absolute Gasteiger partial charge is 0.311 e. The monoisotopic (exact) mass is 565 g/mol. The van der Waals surface area contributed by atoms with Gasteiger partial charge in [0.15, 0.2) is 0 Å². The second-order valence-electron chi connectivity index (χ2n) is 9.80. The minimum absolute atomic E-state index is 0.0451. The average Bonchev–Trinajstić information content (AvgIpc) is 3.02. The van der Waals surface area contributed by atoms with Crippen molar-refractivity contribution in [2.75, 3.05) is 29.9 Å². The SMILES string of the molecule is CCCN(CCC)CCC(=O)Nc1cc(CN2C(=O)N(c3ccc(SC(F)(F)F)cc3)C(=O)C2(C)C)ccn1. The molecule has 4 amide bonds. The van der Waals surface area contributed by atoms with E-state index in [-0.39, 0.29) is 34.8 Å². The number of aromatic nitrogens is 1. The number of alkyl halides is 3. The molecular weight excluding hydrogens is 531 g/mol. The van der Waals surface area contributed by atoms with Crippen LogP contribution in [0.1, 0.15) is 52.5 Å². The standard InChI is InChI=1S/C27H34F3N5O3S/c1-5-14-33(15-6-2)16-12-23(36)32-22-17-19(11-13-31-22)18-34-25(38)35(24(37)26(34,3)4)20-7-9-21(10-8-20)39-27(28,29)30/h7-11,13,17H,5-6,12,14-16,18H2,1-4H3,(H,31,32,36). The van der Waals surface area contributed by atoms with Gasteiger partial charge in [-0.2, -0.15) is 13.2 Å². The number of thioether (sulfide) groups is 1. The number of amides is 4. The van der Waals surface area contributed by atoms with Gasteiger partial charge in [0.05, 0.1) is 5.69 Å². The fourth-order valence-electron chi connectivity index (χ4n) is 4.38. The molecular formula is C27H34F3N5O3S. The average molecular weight is 566 g/mol. The van der Waals surface area contributed by atoms with E-state index in [2.05, 4.69) is 29.0 Å². The van der Waals surface area contributed by atoms with E-state index >= 15 is 0 Å². The van der Waals surface area contributed by atoms with Gasteiger partial charge in [0, 0.05) is 30.6 Å².